The fourth-order valence-electron chi connectivity index (χ4n) is 1.41. The van der Waals surface area contributed by atoms with Crippen molar-refractivity contribution in [1.29, 1.82) is 0 Å². The van der Waals surface area contributed by atoms with Gasteiger partial charge < -0.3 is 10.2 Å². The normalized spacial score (nSPS) is 11.0. The van der Waals surface area contributed by atoms with Crippen LogP contribution in [0.3, 0.4) is 0 Å². The first kappa shape index (κ1) is 11.9. The van der Waals surface area contributed by atoms with Crippen LogP contribution in [0.4, 0.5) is 0 Å². The van der Waals surface area contributed by atoms with Gasteiger partial charge in [0.2, 0.25) is 0 Å². The number of rotatable bonds is 0. The fourth-order valence-corrected chi connectivity index (χ4v) is 2.34. The van der Waals surface area contributed by atoms with Crippen molar-refractivity contribution < 1.29 is 10.2 Å². The van der Waals surface area contributed by atoms with Crippen LogP contribution in [-0.2, 0) is 0 Å². The maximum Gasteiger partial charge on any atom is 0.178 e. The Morgan fingerprint density at radius 3 is 2.00 bits per heavy atom. The molecule has 0 atom stereocenters. The van der Waals surface area contributed by atoms with Gasteiger partial charge in [0.25, 0.3) is 0 Å². The molecule has 0 saturated heterocycles. The van der Waals surface area contributed by atoms with Gasteiger partial charge in [-0.05, 0) is 12.1 Å². The number of fused-ring (bicyclic) bond motifs is 1. The van der Waals surface area contributed by atoms with Crippen molar-refractivity contribution in [1.82, 2.24) is 0 Å². The van der Waals surface area contributed by atoms with Gasteiger partial charge in [-0.1, -0.05) is 46.4 Å². The summed E-state index contributed by atoms with van der Waals surface area (Å²) in [5.41, 5.74) is 0. The van der Waals surface area contributed by atoms with Crippen LogP contribution in [0, 0.1) is 0 Å². The molecule has 2 aromatic carbocycles. The molecule has 0 aliphatic carbocycles. The highest BCUT2D eigenvalue weighted by Crippen LogP contribution is 2.48. The van der Waals surface area contributed by atoms with Crippen LogP contribution in [0.2, 0.25) is 20.1 Å². The summed E-state index contributed by atoms with van der Waals surface area (Å²) in [4.78, 5) is 0. The first-order valence-corrected chi connectivity index (χ1v) is 5.63. The summed E-state index contributed by atoms with van der Waals surface area (Å²) in [6.45, 7) is 0. The van der Waals surface area contributed by atoms with E-state index in [9.17, 15) is 10.2 Å². The van der Waals surface area contributed by atoms with Crippen LogP contribution in [0.15, 0.2) is 12.1 Å². The van der Waals surface area contributed by atoms with E-state index in [0.29, 0.717) is 10.8 Å². The molecule has 0 saturated carbocycles. The van der Waals surface area contributed by atoms with Crippen molar-refractivity contribution in [2.24, 2.45) is 0 Å². The Labute approximate surface area is 111 Å². The molecule has 2 N–H and O–H groups in total. The van der Waals surface area contributed by atoms with E-state index in [1.54, 1.807) is 0 Å². The Hall–Kier alpha value is -0.540. The van der Waals surface area contributed by atoms with Crippen LogP contribution >= 0.6 is 46.4 Å². The van der Waals surface area contributed by atoms with Crippen molar-refractivity contribution >= 4 is 57.2 Å². The average molecular weight is 298 g/mol. The molecule has 0 aliphatic heterocycles. The minimum Gasteiger partial charge on any atom is -0.504 e. The second kappa shape index (κ2) is 4.04. The molecule has 2 rings (SSSR count). The summed E-state index contributed by atoms with van der Waals surface area (Å²) in [5.74, 6) is -0.847. The second-order valence-electron chi connectivity index (χ2n) is 3.11. The van der Waals surface area contributed by atoms with Gasteiger partial charge in [-0.2, -0.15) is 0 Å². The zero-order valence-electron chi connectivity index (χ0n) is 7.56. The molecule has 84 valence electrons. The van der Waals surface area contributed by atoms with Gasteiger partial charge in [0.1, 0.15) is 5.02 Å². The lowest BCUT2D eigenvalue weighted by Gasteiger charge is -2.10. The minimum atomic E-state index is -0.474. The molecular weight excluding hydrogens is 294 g/mol. The van der Waals surface area contributed by atoms with Gasteiger partial charge in [-0.15, -0.1) is 0 Å². The summed E-state index contributed by atoms with van der Waals surface area (Å²) in [6.07, 6.45) is 0. The van der Waals surface area contributed by atoms with Crippen molar-refractivity contribution in [3.8, 4) is 11.5 Å². The Morgan fingerprint density at radius 2 is 1.38 bits per heavy atom. The van der Waals surface area contributed by atoms with Gasteiger partial charge in [0, 0.05) is 10.8 Å². The quantitative estimate of drug-likeness (QED) is 0.681. The summed E-state index contributed by atoms with van der Waals surface area (Å²) in [5, 5.41) is 20.2. The van der Waals surface area contributed by atoms with Crippen molar-refractivity contribution in [2.45, 2.75) is 0 Å². The van der Waals surface area contributed by atoms with Crippen LogP contribution < -0.4 is 0 Å². The zero-order valence-corrected chi connectivity index (χ0v) is 10.6. The molecule has 0 unspecified atom stereocenters. The summed E-state index contributed by atoms with van der Waals surface area (Å²) < 4.78 is 0. The predicted octanol–water partition coefficient (Wildman–Crippen LogP) is 4.86. The summed E-state index contributed by atoms with van der Waals surface area (Å²) in [7, 11) is 0. The predicted molar refractivity (Wildman–Crippen MR) is 67.3 cm³/mol. The van der Waals surface area contributed by atoms with E-state index < -0.39 is 5.75 Å². The molecule has 0 aliphatic rings. The van der Waals surface area contributed by atoms with E-state index in [1.807, 2.05) is 0 Å². The lowest BCUT2D eigenvalue weighted by atomic mass is 10.1. The monoisotopic (exact) mass is 296 g/mol. The minimum absolute atomic E-state index is 0.0551. The van der Waals surface area contributed by atoms with Crippen LogP contribution in [0.25, 0.3) is 10.8 Å². The molecule has 0 spiro atoms. The van der Waals surface area contributed by atoms with E-state index in [4.69, 9.17) is 46.4 Å². The lowest BCUT2D eigenvalue weighted by Crippen LogP contribution is -1.82. The number of halogens is 4. The molecule has 0 radical (unpaired) electrons. The van der Waals surface area contributed by atoms with Gasteiger partial charge in [0.15, 0.2) is 11.5 Å². The zero-order chi connectivity index (χ0) is 12.0. The van der Waals surface area contributed by atoms with E-state index in [-0.39, 0.29) is 25.8 Å². The average Bonchev–Trinajstić information content (AvgIpc) is 2.27. The Kier molecular flexibility index (Phi) is 3.01. The Balaban J connectivity index is 3.09. The molecule has 0 amide bonds. The molecule has 16 heavy (non-hydrogen) atoms. The van der Waals surface area contributed by atoms with Crippen LogP contribution in [0.1, 0.15) is 0 Å². The number of phenols is 2. The number of hydrogen-bond donors (Lipinski definition) is 2. The van der Waals surface area contributed by atoms with Gasteiger partial charge in [-0.3, -0.25) is 0 Å². The molecule has 0 aromatic heterocycles. The first-order chi connectivity index (χ1) is 7.45. The van der Waals surface area contributed by atoms with Gasteiger partial charge >= 0.3 is 0 Å². The standard InChI is InChI=1S/C10H4Cl4O2/c11-4-2-1-3-5(6(4)12)7(13)8(14)10(16)9(3)15/h1-2,15-16H. The molecule has 6 heteroatoms. The molecule has 2 nitrogen and oxygen atoms in total. The highest BCUT2D eigenvalue weighted by Gasteiger charge is 2.19. The SMILES string of the molecule is Oc1c(Cl)c(Cl)c2c(Cl)c(Cl)ccc2c1O. The topological polar surface area (TPSA) is 40.5 Å². The van der Waals surface area contributed by atoms with Crippen molar-refractivity contribution in [3.63, 3.8) is 0 Å². The number of aromatic hydroxyl groups is 2. The first-order valence-electron chi connectivity index (χ1n) is 4.11. The van der Waals surface area contributed by atoms with E-state index in [0.717, 1.165) is 0 Å². The number of benzene rings is 2. The lowest BCUT2D eigenvalue weighted by molar-refractivity contribution is 0.408. The molecule has 0 heterocycles. The molecule has 0 fully saturated rings. The van der Waals surface area contributed by atoms with E-state index in [1.165, 1.54) is 12.1 Å². The van der Waals surface area contributed by atoms with Gasteiger partial charge in [0.05, 0.1) is 15.1 Å². The number of phenolic OH excluding ortho intramolecular Hbond substituents is 2. The third kappa shape index (κ3) is 1.57. The highest BCUT2D eigenvalue weighted by atomic mass is 35.5. The Morgan fingerprint density at radius 1 is 0.750 bits per heavy atom. The molecule has 2 aromatic rings. The van der Waals surface area contributed by atoms with E-state index >= 15 is 0 Å². The summed E-state index contributed by atoms with van der Waals surface area (Å²) in [6, 6.07) is 3.00. The molecule has 0 bridgehead atoms. The van der Waals surface area contributed by atoms with E-state index in [2.05, 4.69) is 0 Å². The van der Waals surface area contributed by atoms with Crippen LogP contribution in [0.5, 0.6) is 11.5 Å². The maximum atomic E-state index is 9.68. The van der Waals surface area contributed by atoms with Crippen molar-refractivity contribution in [3.05, 3.63) is 32.2 Å². The number of hydrogen-bond acceptors (Lipinski definition) is 2. The Bertz CT molecular complexity index is 595. The third-order valence-corrected chi connectivity index (χ3v) is 3.84. The second-order valence-corrected chi connectivity index (χ2v) is 4.65. The fraction of sp³-hybridized carbons (Fsp3) is 0. The summed E-state index contributed by atoms with van der Waals surface area (Å²) >= 11 is 23.5. The van der Waals surface area contributed by atoms with Crippen LogP contribution in [-0.4, -0.2) is 10.2 Å². The smallest absolute Gasteiger partial charge is 0.178 e. The largest absolute Gasteiger partial charge is 0.504 e. The maximum absolute atomic E-state index is 9.68. The third-order valence-electron chi connectivity index (χ3n) is 2.19. The van der Waals surface area contributed by atoms with Gasteiger partial charge in [-0.25, -0.2) is 0 Å². The molecular formula is C10H4Cl4O2. The van der Waals surface area contributed by atoms with Crippen molar-refractivity contribution in [2.75, 3.05) is 0 Å². The highest BCUT2D eigenvalue weighted by molar-refractivity contribution is 6.51.